The number of nitrogen functional groups attached to an aromatic ring is 1. The number of aromatic nitrogens is 2. The Morgan fingerprint density at radius 1 is 1.44 bits per heavy atom. The van der Waals surface area contributed by atoms with Crippen molar-refractivity contribution in [2.75, 3.05) is 24.2 Å². The van der Waals surface area contributed by atoms with Gasteiger partial charge < -0.3 is 16.2 Å². The monoisotopic (exact) mass is 222 g/mol. The van der Waals surface area contributed by atoms with Crippen molar-refractivity contribution in [2.24, 2.45) is 5.41 Å². The molecule has 0 saturated heterocycles. The van der Waals surface area contributed by atoms with E-state index in [0.29, 0.717) is 0 Å². The number of nitrogens with two attached hydrogens (primary N) is 1. The van der Waals surface area contributed by atoms with Crippen LogP contribution in [0.4, 0.5) is 11.8 Å². The van der Waals surface area contributed by atoms with Gasteiger partial charge in [0.1, 0.15) is 5.82 Å². The third-order valence-corrected chi connectivity index (χ3v) is 3.32. The van der Waals surface area contributed by atoms with Gasteiger partial charge in [0.2, 0.25) is 5.95 Å². The van der Waals surface area contributed by atoms with E-state index in [0.717, 1.165) is 25.2 Å². The summed E-state index contributed by atoms with van der Waals surface area (Å²) in [7, 11) is 0. The number of aliphatic hydroxyl groups excluding tert-OH is 1. The Balaban J connectivity index is 1.95. The molecule has 1 aromatic rings. The molecule has 88 valence electrons. The molecule has 1 aromatic heterocycles. The smallest absolute Gasteiger partial charge is 0.221 e. The Morgan fingerprint density at radius 2 is 2.19 bits per heavy atom. The molecule has 1 saturated carbocycles. The van der Waals surface area contributed by atoms with Gasteiger partial charge >= 0.3 is 0 Å². The fraction of sp³-hybridized carbons (Fsp3) is 0.636. The lowest BCUT2D eigenvalue weighted by atomic mass is 9.87. The minimum Gasteiger partial charge on any atom is -0.396 e. The summed E-state index contributed by atoms with van der Waals surface area (Å²) in [6.07, 6.45) is 6.20. The van der Waals surface area contributed by atoms with Crippen LogP contribution >= 0.6 is 0 Å². The zero-order valence-corrected chi connectivity index (χ0v) is 9.32. The maximum Gasteiger partial charge on any atom is 0.221 e. The molecule has 0 radical (unpaired) electrons. The largest absolute Gasteiger partial charge is 0.396 e. The third-order valence-electron chi connectivity index (χ3n) is 3.32. The summed E-state index contributed by atoms with van der Waals surface area (Å²) in [5.74, 6) is 1.00. The first-order valence-electron chi connectivity index (χ1n) is 5.67. The topological polar surface area (TPSA) is 84.1 Å². The van der Waals surface area contributed by atoms with Gasteiger partial charge in [-0.1, -0.05) is 12.8 Å². The Morgan fingerprint density at radius 3 is 2.81 bits per heavy atom. The molecule has 0 atom stereocenters. The molecular formula is C11H18N4O. The summed E-state index contributed by atoms with van der Waals surface area (Å²) < 4.78 is 0. The molecule has 0 amide bonds. The van der Waals surface area contributed by atoms with Gasteiger partial charge in [0.05, 0.1) is 6.61 Å². The number of anilines is 2. The Kier molecular flexibility index (Phi) is 3.24. The summed E-state index contributed by atoms with van der Waals surface area (Å²) >= 11 is 0. The molecule has 16 heavy (non-hydrogen) atoms. The van der Waals surface area contributed by atoms with Crippen LogP contribution in [0.25, 0.3) is 0 Å². The lowest BCUT2D eigenvalue weighted by Gasteiger charge is -2.26. The Bertz CT molecular complexity index is 350. The van der Waals surface area contributed by atoms with E-state index in [1.54, 1.807) is 12.3 Å². The molecule has 1 heterocycles. The van der Waals surface area contributed by atoms with E-state index in [1.807, 2.05) is 0 Å². The van der Waals surface area contributed by atoms with Gasteiger partial charge in [0.25, 0.3) is 0 Å². The van der Waals surface area contributed by atoms with Crippen LogP contribution in [-0.4, -0.2) is 28.2 Å². The molecule has 0 bridgehead atoms. The number of nitrogens with one attached hydrogen (secondary N) is 1. The minimum atomic E-state index is 0.0275. The van der Waals surface area contributed by atoms with E-state index < -0.39 is 0 Å². The van der Waals surface area contributed by atoms with Gasteiger partial charge in [-0.05, 0) is 18.9 Å². The number of rotatable bonds is 4. The maximum atomic E-state index is 9.45. The molecule has 5 nitrogen and oxygen atoms in total. The zero-order chi connectivity index (χ0) is 11.4. The molecule has 2 rings (SSSR count). The predicted molar refractivity (Wildman–Crippen MR) is 62.9 cm³/mol. The average Bonchev–Trinajstić information content (AvgIpc) is 2.76. The van der Waals surface area contributed by atoms with Gasteiger partial charge in [0, 0.05) is 18.2 Å². The van der Waals surface area contributed by atoms with E-state index in [4.69, 9.17) is 5.73 Å². The molecule has 1 aliphatic carbocycles. The van der Waals surface area contributed by atoms with Gasteiger partial charge in [-0.15, -0.1) is 0 Å². The normalized spacial score (nSPS) is 18.6. The van der Waals surface area contributed by atoms with E-state index in [9.17, 15) is 5.11 Å². The molecule has 0 unspecified atom stereocenters. The Labute approximate surface area is 95.1 Å². The van der Waals surface area contributed by atoms with E-state index in [-0.39, 0.29) is 18.0 Å². The molecule has 5 heteroatoms. The standard InChI is InChI=1S/C11H18N4O/c12-10-13-6-3-9(15-10)14-7-11(8-16)4-1-2-5-11/h3,6,16H,1-2,4-5,7-8H2,(H3,12,13,14,15). The van der Waals surface area contributed by atoms with Gasteiger partial charge in [0.15, 0.2) is 0 Å². The number of hydrogen-bond donors (Lipinski definition) is 3. The van der Waals surface area contributed by atoms with Crippen molar-refractivity contribution < 1.29 is 5.11 Å². The van der Waals surface area contributed by atoms with Crippen LogP contribution < -0.4 is 11.1 Å². The highest BCUT2D eigenvalue weighted by Gasteiger charge is 2.32. The van der Waals surface area contributed by atoms with Crippen LogP contribution in [0.5, 0.6) is 0 Å². The molecule has 0 spiro atoms. The van der Waals surface area contributed by atoms with Crippen LogP contribution in [-0.2, 0) is 0 Å². The van der Waals surface area contributed by atoms with E-state index >= 15 is 0 Å². The van der Waals surface area contributed by atoms with Crippen molar-refractivity contribution in [3.63, 3.8) is 0 Å². The highest BCUT2D eigenvalue weighted by atomic mass is 16.3. The number of aliphatic hydroxyl groups is 1. The third kappa shape index (κ3) is 2.41. The Hall–Kier alpha value is -1.36. The summed E-state index contributed by atoms with van der Waals surface area (Å²) in [6.45, 7) is 0.987. The first-order chi connectivity index (χ1) is 7.74. The van der Waals surface area contributed by atoms with Crippen LogP contribution in [0.15, 0.2) is 12.3 Å². The van der Waals surface area contributed by atoms with Crippen LogP contribution in [0, 0.1) is 5.41 Å². The molecular weight excluding hydrogens is 204 g/mol. The first-order valence-corrected chi connectivity index (χ1v) is 5.67. The van der Waals surface area contributed by atoms with Crippen LogP contribution in [0.3, 0.4) is 0 Å². The lowest BCUT2D eigenvalue weighted by Crippen LogP contribution is -2.30. The molecule has 1 aliphatic rings. The van der Waals surface area contributed by atoms with Crippen molar-refractivity contribution >= 4 is 11.8 Å². The SMILES string of the molecule is Nc1nccc(NCC2(CO)CCCC2)n1. The van der Waals surface area contributed by atoms with Crippen LogP contribution in [0.2, 0.25) is 0 Å². The summed E-state index contributed by atoms with van der Waals surface area (Å²) in [5, 5.41) is 12.7. The molecule has 0 aliphatic heterocycles. The van der Waals surface area contributed by atoms with Gasteiger partial charge in [-0.3, -0.25) is 0 Å². The summed E-state index contributed by atoms with van der Waals surface area (Å²) in [4.78, 5) is 7.91. The predicted octanol–water partition coefficient (Wildman–Crippen LogP) is 1.02. The number of nitrogens with zero attached hydrogens (tertiary/aromatic N) is 2. The van der Waals surface area contributed by atoms with Crippen molar-refractivity contribution in [1.82, 2.24) is 9.97 Å². The fourth-order valence-electron chi connectivity index (χ4n) is 2.27. The zero-order valence-electron chi connectivity index (χ0n) is 9.32. The fourth-order valence-corrected chi connectivity index (χ4v) is 2.27. The summed E-state index contributed by atoms with van der Waals surface area (Å²) in [6, 6.07) is 1.79. The number of hydrogen-bond acceptors (Lipinski definition) is 5. The lowest BCUT2D eigenvalue weighted by molar-refractivity contribution is 0.142. The van der Waals surface area contributed by atoms with E-state index in [1.165, 1.54) is 12.8 Å². The van der Waals surface area contributed by atoms with Gasteiger partial charge in [-0.2, -0.15) is 4.98 Å². The average molecular weight is 222 g/mol. The quantitative estimate of drug-likeness (QED) is 0.708. The molecule has 1 fully saturated rings. The van der Waals surface area contributed by atoms with E-state index in [2.05, 4.69) is 15.3 Å². The van der Waals surface area contributed by atoms with Crippen molar-refractivity contribution in [2.45, 2.75) is 25.7 Å². The second kappa shape index (κ2) is 4.65. The summed E-state index contributed by atoms with van der Waals surface area (Å²) in [5.41, 5.74) is 5.52. The first kappa shape index (κ1) is 11.1. The highest BCUT2D eigenvalue weighted by Crippen LogP contribution is 2.37. The highest BCUT2D eigenvalue weighted by molar-refractivity contribution is 5.37. The minimum absolute atomic E-state index is 0.0275. The van der Waals surface area contributed by atoms with Crippen LogP contribution in [0.1, 0.15) is 25.7 Å². The maximum absolute atomic E-state index is 9.45. The molecule has 4 N–H and O–H groups in total. The molecule has 0 aromatic carbocycles. The second-order valence-electron chi connectivity index (χ2n) is 4.52. The second-order valence-corrected chi connectivity index (χ2v) is 4.52. The van der Waals surface area contributed by atoms with Crippen molar-refractivity contribution in [1.29, 1.82) is 0 Å². The van der Waals surface area contributed by atoms with Crippen molar-refractivity contribution in [3.05, 3.63) is 12.3 Å². The van der Waals surface area contributed by atoms with Crippen molar-refractivity contribution in [3.8, 4) is 0 Å². The van der Waals surface area contributed by atoms with Gasteiger partial charge in [-0.25, -0.2) is 4.98 Å².